The monoisotopic (exact) mass is 649 g/mol. The van der Waals surface area contributed by atoms with Crippen LogP contribution in [-0.4, -0.2) is 65.4 Å². The molecule has 2 nitrogen and oxygen atoms in total. The van der Waals surface area contributed by atoms with Crippen molar-refractivity contribution in [2.45, 2.75) is 60.5 Å². The normalized spacial score (nSPS) is 16.2. The molecule has 0 aromatic heterocycles. The van der Waals surface area contributed by atoms with E-state index in [0.717, 1.165) is 4.74 Å². The maximum Gasteiger partial charge on any atom is 0.472 e. The number of hydrogen-bond acceptors (Lipinski definition) is 2. The van der Waals surface area contributed by atoms with Gasteiger partial charge in [-0.2, -0.15) is 110 Å². The first-order valence-corrected chi connectivity index (χ1v) is 7.80. The number of alkyl halides is 22. The Morgan fingerprint density at radius 1 is 0.436 bits per heavy atom. The van der Waals surface area contributed by atoms with Crippen molar-refractivity contribution >= 4 is 0 Å². The zero-order chi connectivity index (χ0) is 32.4. The summed E-state index contributed by atoms with van der Waals surface area (Å²) in [5.41, 5.74) is -9.89. The van der Waals surface area contributed by atoms with E-state index < -0.39 is 77.3 Å². The SMILES string of the molecule is FC(F)=C(F)C(F)(F)OC(C(F)(F)C(F)(F)F)(C(F)(F)C(F)(F)F)C(F)(F)C(F)(F)N(C(F)(F)F)C(F)(F)F. The summed E-state index contributed by atoms with van der Waals surface area (Å²) in [4.78, 5) is -5.20. The van der Waals surface area contributed by atoms with Crippen molar-refractivity contribution in [2.24, 2.45) is 0 Å². The van der Waals surface area contributed by atoms with Gasteiger partial charge in [0.25, 0.3) is 11.4 Å². The molecule has 0 aromatic rings. The van der Waals surface area contributed by atoms with Crippen molar-refractivity contribution < 1.29 is 114 Å². The summed E-state index contributed by atoms with van der Waals surface area (Å²) in [6.07, 6.45) is -47.5. The third kappa shape index (κ3) is 5.59. The molecule has 0 aliphatic rings. The molecule has 0 aromatic carbocycles. The van der Waals surface area contributed by atoms with Gasteiger partial charge in [-0.1, -0.05) is 4.90 Å². The maximum absolute atomic E-state index is 14.3. The highest BCUT2D eigenvalue weighted by Crippen LogP contribution is 2.67. The zero-order valence-electron chi connectivity index (χ0n) is 16.3. The van der Waals surface area contributed by atoms with Crippen LogP contribution in [0.4, 0.5) is 110 Å². The molecule has 0 unspecified atom stereocenters. The lowest BCUT2D eigenvalue weighted by atomic mass is 9.78. The van der Waals surface area contributed by atoms with Gasteiger partial charge in [-0.3, -0.25) is 4.74 Å². The quantitative estimate of drug-likeness (QED) is 0.194. The van der Waals surface area contributed by atoms with E-state index in [0.29, 0.717) is 0 Å². The molecule has 234 valence electrons. The standard InChI is InChI=1S/C12F25NO/c13-1(2(14)15)3(16,17)39-4(5(18,19)8(24,25)26,6(20,21)9(27,28)29)7(22,23)10(30,31)38(11(32,33)34)12(35,36)37. The van der Waals surface area contributed by atoms with Gasteiger partial charge in [0.05, 0.1) is 0 Å². The number of rotatable bonds is 8. The van der Waals surface area contributed by atoms with Crippen molar-refractivity contribution in [2.75, 3.05) is 0 Å². The lowest BCUT2D eigenvalue weighted by Crippen LogP contribution is -2.84. The smallest absolute Gasteiger partial charge is 0.288 e. The average Bonchev–Trinajstić information content (AvgIpc) is 2.59. The van der Waals surface area contributed by atoms with Crippen LogP contribution in [0.2, 0.25) is 0 Å². The average molecular weight is 649 g/mol. The summed E-state index contributed by atoms with van der Waals surface area (Å²) in [5, 5.41) is 0. The summed E-state index contributed by atoms with van der Waals surface area (Å²) in [6, 6.07) is -9.43. The van der Waals surface area contributed by atoms with E-state index in [2.05, 4.69) is 0 Å². The van der Waals surface area contributed by atoms with Crippen molar-refractivity contribution in [3.63, 3.8) is 0 Å². The summed E-state index contributed by atoms with van der Waals surface area (Å²) in [5.74, 6) is -34.3. The molecule has 0 radical (unpaired) electrons. The number of nitrogens with zero attached hydrogens (tertiary/aromatic N) is 1. The highest BCUT2D eigenvalue weighted by atomic mass is 19.4. The number of halogens is 25. The Balaban J connectivity index is 8.64. The van der Waals surface area contributed by atoms with Gasteiger partial charge in [0.1, 0.15) is 0 Å². The van der Waals surface area contributed by atoms with Gasteiger partial charge in [-0.15, -0.1) is 0 Å². The van der Waals surface area contributed by atoms with Gasteiger partial charge in [0, 0.05) is 0 Å². The molecule has 0 fully saturated rings. The Kier molecular flexibility index (Phi) is 8.98. The van der Waals surface area contributed by atoms with Crippen molar-refractivity contribution in [1.82, 2.24) is 4.90 Å². The molecule has 0 N–H and O–H groups in total. The maximum atomic E-state index is 14.3. The molecule has 39 heavy (non-hydrogen) atoms. The molecular weight excluding hydrogens is 649 g/mol. The molecule has 0 aliphatic heterocycles. The van der Waals surface area contributed by atoms with Gasteiger partial charge >= 0.3 is 61.0 Å². The van der Waals surface area contributed by atoms with Crippen LogP contribution in [0.5, 0.6) is 0 Å². The zero-order valence-corrected chi connectivity index (χ0v) is 16.3. The predicted molar refractivity (Wildman–Crippen MR) is 65.0 cm³/mol. The molecule has 27 heteroatoms. The van der Waals surface area contributed by atoms with Crippen molar-refractivity contribution in [3.05, 3.63) is 11.9 Å². The van der Waals surface area contributed by atoms with Crippen LogP contribution in [0, 0.1) is 0 Å². The molecule has 0 heterocycles. The van der Waals surface area contributed by atoms with E-state index in [1.807, 2.05) is 0 Å². The summed E-state index contributed by atoms with van der Waals surface area (Å²) in [7, 11) is 0. The van der Waals surface area contributed by atoms with Crippen LogP contribution >= 0.6 is 0 Å². The van der Waals surface area contributed by atoms with E-state index in [1.54, 1.807) is 0 Å². The Labute approximate surface area is 193 Å². The van der Waals surface area contributed by atoms with Gasteiger partial charge in [0.15, 0.2) is 0 Å². The Morgan fingerprint density at radius 3 is 0.923 bits per heavy atom. The molecule has 0 spiro atoms. The number of ether oxygens (including phenoxy) is 1. The number of hydrogen-bond donors (Lipinski definition) is 0. The lowest BCUT2D eigenvalue weighted by Gasteiger charge is -2.52. The van der Waals surface area contributed by atoms with E-state index in [1.165, 1.54) is 0 Å². The molecule has 0 amide bonds. The lowest BCUT2D eigenvalue weighted by molar-refractivity contribution is -0.542. The molecule has 0 atom stereocenters. The molecule has 0 saturated heterocycles. The molecule has 0 rings (SSSR count). The van der Waals surface area contributed by atoms with Gasteiger partial charge in [-0.25, -0.2) is 0 Å². The minimum Gasteiger partial charge on any atom is -0.288 e. The first-order valence-electron chi connectivity index (χ1n) is 7.80. The van der Waals surface area contributed by atoms with E-state index in [9.17, 15) is 110 Å². The van der Waals surface area contributed by atoms with Crippen LogP contribution in [0.3, 0.4) is 0 Å². The summed E-state index contributed by atoms with van der Waals surface area (Å²) < 4.78 is 328. The van der Waals surface area contributed by atoms with Crippen LogP contribution in [0.25, 0.3) is 0 Å². The second kappa shape index (κ2) is 9.49. The van der Waals surface area contributed by atoms with Gasteiger partial charge in [0.2, 0.25) is 0 Å². The molecule has 0 aliphatic carbocycles. The topological polar surface area (TPSA) is 12.5 Å². The highest BCUT2D eigenvalue weighted by Gasteiger charge is 3.00. The van der Waals surface area contributed by atoms with Crippen LogP contribution < -0.4 is 0 Å². The Bertz CT molecular complexity index is 869. The molecule has 0 saturated carbocycles. The van der Waals surface area contributed by atoms with Gasteiger partial charge < -0.3 is 0 Å². The van der Waals surface area contributed by atoms with E-state index in [4.69, 9.17) is 0 Å². The van der Waals surface area contributed by atoms with Crippen LogP contribution in [0.1, 0.15) is 0 Å². The molecular formula is C12F25NO. The van der Waals surface area contributed by atoms with Gasteiger partial charge in [-0.05, 0) is 0 Å². The fraction of sp³-hybridized carbons (Fsp3) is 0.833. The largest absolute Gasteiger partial charge is 0.472 e. The Morgan fingerprint density at radius 2 is 0.718 bits per heavy atom. The second-order valence-corrected chi connectivity index (χ2v) is 6.41. The minimum absolute atomic E-state index is 0.980. The predicted octanol–water partition coefficient (Wildman–Crippen LogP) is 8.38. The summed E-state index contributed by atoms with van der Waals surface area (Å²) >= 11 is 0. The van der Waals surface area contributed by atoms with Crippen molar-refractivity contribution in [1.29, 1.82) is 0 Å². The summed E-state index contributed by atoms with van der Waals surface area (Å²) in [6.45, 7) is 0. The fourth-order valence-electron chi connectivity index (χ4n) is 2.34. The Hall–Kier alpha value is -2.09. The van der Waals surface area contributed by atoms with E-state index >= 15 is 0 Å². The first-order chi connectivity index (χ1) is 16.4. The van der Waals surface area contributed by atoms with Crippen LogP contribution in [0.15, 0.2) is 11.9 Å². The third-order valence-electron chi connectivity index (χ3n) is 3.91. The first kappa shape index (κ1) is 36.9. The molecule has 0 bridgehead atoms. The van der Waals surface area contributed by atoms with Crippen molar-refractivity contribution in [3.8, 4) is 0 Å². The highest BCUT2D eigenvalue weighted by molar-refractivity contribution is 5.22. The fourth-order valence-corrected chi connectivity index (χ4v) is 2.34. The van der Waals surface area contributed by atoms with E-state index in [-0.39, 0.29) is 0 Å². The minimum atomic E-state index is -9.92. The third-order valence-corrected chi connectivity index (χ3v) is 3.91. The second-order valence-electron chi connectivity index (χ2n) is 6.41. The van der Waals surface area contributed by atoms with Crippen LogP contribution in [-0.2, 0) is 4.74 Å².